The fourth-order valence-corrected chi connectivity index (χ4v) is 3.54. The molecule has 0 amide bonds. The maximum absolute atomic E-state index is 14.7. The minimum absolute atomic E-state index is 0.0417. The molecule has 170 valence electrons. The van der Waals surface area contributed by atoms with Gasteiger partial charge in [-0.05, 0) is 42.3 Å². The van der Waals surface area contributed by atoms with Crippen LogP contribution in [0.4, 0.5) is 26.0 Å². The Labute approximate surface area is 187 Å². The lowest BCUT2D eigenvalue weighted by Crippen LogP contribution is -2.13. The molecule has 0 aliphatic rings. The third kappa shape index (κ3) is 4.27. The topological polar surface area (TPSA) is 101 Å². The molecule has 0 saturated heterocycles. The normalized spacial score (nSPS) is 10.9. The summed E-state index contributed by atoms with van der Waals surface area (Å²) in [4.78, 5) is 19.5. The molecule has 0 aliphatic carbocycles. The van der Waals surface area contributed by atoms with Gasteiger partial charge in [-0.25, -0.2) is 14.4 Å². The zero-order valence-corrected chi connectivity index (χ0v) is 17.9. The Morgan fingerprint density at radius 1 is 1.18 bits per heavy atom. The molecule has 2 aromatic carbocycles. The number of hydrogen-bond acceptors (Lipinski definition) is 6. The van der Waals surface area contributed by atoms with Crippen LogP contribution in [0.3, 0.4) is 0 Å². The van der Waals surface area contributed by atoms with Gasteiger partial charge in [-0.3, -0.25) is 9.20 Å². The van der Waals surface area contributed by atoms with Crippen molar-refractivity contribution in [1.29, 1.82) is 0 Å². The first-order valence-corrected chi connectivity index (χ1v) is 10.1. The van der Waals surface area contributed by atoms with Crippen molar-refractivity contribution < 1.29 is 23.4 Å². The Morgan fingerprint density at radius 2 is 2.00 bits per heavy atom. The molecular weight excluding hydrogens is 432 g/mol. The number of nitrogens with zero attached hydrogens (tertiary/aromatic N) is 3. The van der Waals surface area contributed by atoms with Crippen molar-refractivity contribution in [3.63, 3.8) is 0 Å². The van der Waals surface area contributed by atoms with Gasteiger partial charge >= 0.3 is 5.97 Å². The van der Waals surface area contributed by atoms with Crippen molar-refractivity contribution in [2.45, 2.75) is 13.3 Å². The zero-order valence-electron chi connectivity index (χ0n) is 17.9. The average Bonchev–Trinajstić information content (AvgIpc) is 3.24. The number of nitrogens with one attached hydrogen (secondary N) is 2. The molecule has 33 heavy (non-hydrogen) atoms. The van der Waals surface area contributed by atoms with Crippen LogP contribution in [0.15, 0.2) is 48.9 Å². The molecule has 0 bridgehead atoms. The van der Waals surface area contributed by atoms with Crippen molar-refractivity contribution in [1.82, 2.24) is 14.4 Å². The molecule has 0 radical (unpaired) electrons. The monoisotopic (exact) mass is 453 g/mol. The Morgan fingerprint density at radius 3 is 2.73 bits per heavy atom. The number of imidazole rings is 1. The highest BCUT2D eigenvalue weighted by molar-refractivity contribution is 5.77. The SMILES string of the molecule is CCc1cc(Nc2nccn3c(-c4ccc(OC)c(F)c4F)cnc23)ccc1NCC(=O)O. The molecule has 0 atom stereocenters. The smallest absolute Gasteiger partial charge is 0.322 e. The molecule has 8 nitrogen and oxygen atoms in total. The minimum Gasteiger partial charge on any atom is -0.494 e. The van der Waals surface area contributed by atoms with Gasteiger partial charge in [0.05, 0.1) is 19.0 Å². The van der Waals surface area contributed by atoms with Crippen LogP contribution in [0.5, 0.6) is 5.75 Å². The third-order valence-electron chi connectivity index (χ3n) is 5.15. The van der Waals surface area contributed by atoms with Gasteiger partial charge in [-0.15, -0.1) is 0 Å². The van der Waals surface area contributed by atoms with Crippen LogP contribution in [0.25, 0.3) is 16.9 Å². The number of anilines is 3. The number of carboxylic acid groups (broad SMARTS) is 1. The lowest BCUT2D eigenvalue weighted by Gasteiger charge is -2.13. The summed E-state index contributed by atoms with van der Waals surface area (Å²) >= 11 is 0. The predicted octanol–water partition coefficient (Wildman–Crippen LogP) is 4.49. The maximum Gasteiger partial charge on any atom is 0.322 e. The lowest BCUT2D eigenvalue weighted by molar-refractivity contribution is -0.134. The van der Waals surface area contributed by atoms with Gasteiger partial charge in [0.2, 0.25) is 5.82 Å². The molecule has 3 N–H and O–H groups in total. The van der Waals surface area contributed by atoms with E-state index in [4.69, 9.17) is 9.84 Å². The van der Waals surface area contributed by atoms with E-state index in [9.17, 15) is 13.6 Å². The molecule has 4 aromatic rings. The summed E-state index contributed by atoms with van der Waals surface area (Å²) in [6.07, 6.45) is 5.27. The molecule has 0 saturated carbocycles. The van der Waals surface area contributed by atoms with Gasteiger partial charge in [0.15, 0.2) is 23.0 Å². The number of carboxylic acids is 1. The van der Waals surface area contributed by atoms with E-state index in [0.29, 0.717) is 23.6 Å². The van der Waals surface area contributed by atoms with Crippen molar-refractivity contribution in [3.05, 3.63) is 66.1 Å². The quantitative estimate of drug-likeness (QED) is 0.362. The number of aryl methyl sites for hydroxylation is 1. The highest BCUT2D eigenvalue weighted by Crippen LogP contribution is 2.32. The van der Waals surface area contributed by atoms with Gasteiger partial charge < -0.3 is 20.5 Å². The first-order chi connectivity index (χ1) is 15.9. The van der Waals surface area contributed by atoms with E-state index < -0.39 is 17.6 Å². The van der Waals surface area contributed by atoms with Gasteiger partial charge in [-0.2, -0.15) is 4.39 Å². The molecule has 0 aliphatic heterocycles. The Hall–Kier alpha value is -4.21. The van der Waals surface area contributed by atoms with Crippen LogP contribution in [-0.4, -0.2) is 39.1 Å². The predicted molar refractivity (Wildman–Crippen MR) is 120 cm³/mol. The Bertz CT molecular complexity index is 1340. The van der Waals surface area contributed by atoms with Gasteiger partial charge in [-0.1, -0.05) is 6.92 Å². The summed E-state index contributed by atoms with van der Waals surface area (Å²) in [6, 6.07) is 8.26. The van der Waals surface area contributed by atoms with Crippen molar-refractivity contribution >= 4 is 28.8 Å². The van der Waals surface area contributed by atoms with E-state index in [2.05, 4.69) is 20.6 Å². The number of halogens is 2. The van der Waals surface area contributed by atoms with Crippen LogP contribution < -0.4 is 15.4 Å². The number of ether oxygens (including phenoxy) is 1. The van der Waals surface area contributed by atoms with Crippen LogP contribution in [0, 0.1) is 11.6 Å². The summed E-state index contributed by atoms with van der Waals surface area (Å²) < 4.78 is 35.3. The van der Waals surface area contributed by atoms with E-state index >= 15 is 0 Å². The largest absolute Gasteiger partial charge is 0.494 e. The summed E-state index contributed by atoms with van der Waals surface area (Å²) in [5.41, 5.74) is 3.20. The van der Waals surface area contributed by atoms with E-state index in [1.54, 1.807) is 22.7 Å². The second-order valence-electron chi connectivity index (χ2n) is 7.15. The number of methoxy groups -OCH3 is 1. The molecule has 2 heterocycles. The fraction of sp³-hybridized carbons (Fsp3) is 0.174. The van der Waals surface area contributed by atoms with Crippen LogP contribution in [-0.2, 0) is 11.2 Å². The number of hydrogen-bond donors (Lipinski definition) is 3. The Kier molecular flexibility index (Phi) is 6.07. The average molecular weight is 453 g/mol. The molecule has 0 unspecified atom stereocenters. The molecule has 4 rings (SSSR count). The molecule has 0 fully saturated rings. The number of aromatic nitrogens is 3. The van der Waals surface area contributed by atoms with E-state index in [1.807, 2.05) is 13.0 Å². The van der Waals surface area contributed by atoms with Crippen molar-refractivity contribution in [3.8, 4) is 17.0 Å². The lowest BCUT2D eigenvalue weighted by atomic mass is 10.1. The summed E-state index contributed by atoms with van der Waals surface area (Å²) in [6.45, 7) is 1.79. The molecule has 10 heteroatoms. The molecule has 2 aromatic heterocycles. The Balaban J connectivity index is 1.68. The second kappa shape index (κ2) is 9.11. The maximum atomic E-state index is 14.7. The second-order valence-corrected chi connectivity index (χ2v) is 7.15. The van der Waals surface area contributed by atoms with Crippen LogP contribution >= 0.6 is 0 Å². The van der Waals surface area contributed by atoms with E-state index in [1.165, 1.54) is 31.6 Å². The number of fused-ring (bicyclic) bond motifs is 1. The van der Waals surface area contributed by atoms with Crippen molar-refractivity contribution in [2.75, 3.05) is 24.3 Å². The summed E-state index contributed by atoms with van der Waals surface area (Å²) in [7, 11) is 1.27. The number of benzene rings is 2. The zero-order chi connectivity index (χ0) is 23.5. The van der Waals surface area contributed by atoms with E-state index in [-0.39, 0.29) is 17.9 Å². The van der Waals surface area contributed by atoms with Gasteiger partial charge in [0.1, 0.15) is 6.54 Å². The molecular formula is C23H21F2N5O3. The molecule has 0 spiro atoms. The summed E-state index contributed by atoms with van der Waals surface area (Å²) in [5.74, 6) is -2.80. The van der Waals surface area contributed by atoms with Gasteiger partial charge in [0, 0.05) is 29.3 Å². The standard InChI is InChI=1S/C23H21F2N5O3/c1-3-13-10-14(4-6-16(13)27-12-19(31)32)29-22-23-28-11-17(30(23)9-8-26-22)15-5-7-18(33-2)21(25)20(15)24/h4-11,27H,3,12H2,1-2H3,(H,26,29)(H,31,32). The summed E-state index contributed by atoms with van der Waals surface area (Å²) in [5, 5.41) is 15.0. The highest BCUT2D eigenvalue weighted by atomic mass is 19.2. The minimum atomic E-state index is -1.07. The highest BCUT2D eigenvalue weighted by Gasteiger charge is 2.19. The van der Waals surface area contributed by atoms with Crippen LogP contribution in [0.2, 0.25) is 0 Å². The van der Waals surface area contributed by atoms with E-state index in [0.717, 1.165) is 16.9 Å². The van der Waals surface area contributed by atoms with Crippen molar-refractivity contribution in [2.24, 2.45) is 0 Å². The number of rotatable bonds is 8. The first kappa shape index (κ1) is 22.0. The fourth-order valence-electron chi connectivity index (χ4n) is 3.54. The third-order valence-corrected chi connectivity index (χ3v) is 5.15. The number of aliphatic carboxylic acids is 1. The first-order valence-electron chi connectivity index (χ1n) is 10.1. The van der Waals surface area contributed by atoms with Crippen LogP contribution in [0.1, 0.15) is 12.5 Å². The van der Waals surface area contributed by atoms with Gasteiger partial charge in [0.25, 0.3) is 0 Å². The number of carbonyl (C=O) groups is 1.